The number of H-pyrrole nitrogens is 1. The number of amides is 1. The van der Waals surface area contributed by atoms with E-state index in [0.29, 0.717) is 16.4 Å². The van der Waals surface area contributed by atoms with Crippen molar-refractivity contribution in [3.8, 4) is 5.69 Å². The number of hydrogen-bond acceptors (Lipinski definition) is 3. The Labute approximate surface area is 141 Å². The monoisotopic (exact) mass is 341 g/mol. The van der Waals surface area contributed by atoms with Crippen LogP contribution in [-0.2, 0) is 0 Å². The van der Waals surface area contributed by atoms with Crippen LogP contribution >= 0.6 is 11.6 Å². The molecule has 0 radical (unpaired) electrons. The van der Waals surface area contributed by atoms with Gasteiger partial charge in [-0.15, -0.1) is 0 Å². The number of rotatable bonds is 3. The first kappa shape index (κ1) is 15.8. The van der Waals surface area contributed by atoms with Crippen molar-refractivity contribution in [1.82, 2.24) is 9.55 Å². The summed E-state index contributed by atoms with van der Waals surface area (Å²) in [5.74, 6) is -0.658. The lowest BCUT2D eigenvalue weighted by Gasteiger charge is -2.09. The highest BCUT2D eigenvalue weighted by molar-refractivity contribution is 6.33. The van der Waals surface area contributed by atoms with Crippen molar-refractivity contribution in [2.24, 2.45) is 0 Å². The first-order valence-corrected chi connectivity index (χ1v) is 7.42. The lowest BCUT2D eigenvalue weighted by atomic mass is 10.2. The van der Waals surface area contributed by atoms with Gasteiger partial charge in [0.2, 0.25) is 0 Å². The number of aromatic amines is 1. The number of benzene rings is 2. The SMILES string of the molecule is O=C(Nc1ccccc1Cl)c1c[nH]c(=O)n(-c2ccccc2)c1=O. The first-order chi connectivity index (χ1) is 11.6. The summed E-state index contributed by atoms with van der Waals surface area (Å²) in [4.78, 5) is 39.3. The van der Waals surface area contributed by atoms with Crippen LogP contribution in [0.1, 0.15) is 10.4 Å². The molecular formula is C17H12ClN3O3. The van der Waals surface area contributed by atoms with Crippen LogP contribution in [-0.4, -0.2) is 15.5 Å². The van der Waals surface area contributed by atoms with Gasteiger partial charge in [-0.2, -0.15) is 0 Å². The van der Waals surface area contributed by atoms with Crippen LogP contribution in [0.2, 0.25) is 5.02 Å². The lowest BCUT2D eigenvalue weighted by molar-refractivity contribution is 0.102. The van der Waals surface area contributed by atoms with Gasteiger partial charge in [-0.05, 0) is 24.3 Å². The average Bonchev–Trinajstić information content (AvgIpc) is 2.58. The van der Waals surface area contributed by atoms with Crippen molar-refractivity contribution in [3.63, 3.8) is 0 Å². The average molecular weight is 342 g/mol. The Bertz CT molecular complexity index is 1010. The largest absolute Gasteiger partial charge is 0.333 e. The van der Waals surface area contributed by atoms with Crippen LogP contribution in [0.5, 0.6) is 0 Å². The molecule has 0 aliphatic carbocycles. The van der Waals surface area contributed by atoms with Crippen LogP contribution in [0.4, 0.5) is 5.69 Å². The van der Waals surface area contributed by atoms with E-state index >= 15 is 0 Å². The highest BCUT2D eigenvalue weighted by Gasteiger charge is 2.16. The molecule has 6 nitrogen and oxygen atoms in total. The molecule has 7 heteroatoms. The van der Waals surface area contributed by atoms with Crippen LogP contribution in [0.3, 0.4) is 0 Å². The van der Waals surface area contributed by atoms with E-state index in [2.05, 4.69) is 10.3 Å². The molecule has 24 heavy (non-hydrogen) atoms. The Balaban J connectivity index is 2.04. The van der Waals surface area contributed by atoms with E-state index in [0.717, 1.165) is 10.8 Å². The summed E-state index contributed by atoms with van der Waals surface area (Å²) in [6.45, 7) is 0. The number of nitrogens with zero attached hydrogens (tertiary/aromatic N) is 1. The molecule has 1 amide bonds. The maximum Gasteiger partial charge on any atom is 0.333 e. The second-order valence-corrected chi connectivity index (χ2v) is 5.32. The van der Waals surface area contributed by atoms with Crippen molar-refractivity contribution < 1.29 is 4.79 Å². The van der Waals surface area contributed by atoms with Crippen molar-refractivity contribution in [3.05, 3.63) is 92.2 Å². The van der Waals surface area contributed by atoms with Gasteiger partial charge in [-0.1, -0.05) is 41.9 Å². The standard InChI is InChI=1S/C17H12ClN3O3/c18-13-8-4-5-9-14(13)20-15(22)12-10-19-17(24)21(16(12)23)11-6-2-1-3-7-11/h1-10H,(H,19,24)(H,20,22). The number of para-hydroxylation sites is 2. The fraction of sp³-hybridized carbons (Fsp3) is 0. The number of carbonyl (C=O) groups is 1. The third kappa shape index (κ3) is 3.00. The molecule has 3 aromatic rings. The molecule has 1 aromatic heterocycles. The van der Waals surface area contributed by atoms with Crippen molar-refractivity contribution in [2.45, 2.75) is 0 Å². The van der Waals surface area contributed by atoms with Crippen molar-refractivity contribution in [1.29, 1.82) is 0 Å². The van der Waals surface area contributed by atoms with E-state index in [9.17, 15) is 14.4 Å². The zero-order chi connectivity index (χ0) is 17.1. The van der Waals surface area contributed by atoms with E-state index in [4.69, 9.17) is 11.6 Å². The highest BCUT2D eigenvalue weighted by atomic mass is 35.5. The van der Waals surface area contributed by atoms with Gasteiger partial charge in [0.1, 0.15) is 5.56 Å². The predicted molar refractivity (Wildman–Crippen MR) is 92.1 cm³/mol. The molecule has 120 valence electrons. The quantitative estimate of drug-likeness (QED) is 0.767. The van der Waals surface area contributed by atoms with Crippen LogP contribution in [0.15, 0.2) is 70.4 Å². The van der Waals surface area contributed by atoms with Gasteiger partial charge in [0.05, 0.1) is 16.4 Å². The molecule has 1 heterocycles. The minimum Gasteiger partial charge on any atom is -0.320 e. The molecular weight excluding hydrogens is 330 g/mol. The molecule has 0 spiro atoms. The Morgan fingerprint density at radius 3 is 2.38 bits per heavy atom. The highest BCUT2D eigenvalue weighted by Crippen LogP contribution is 2.20. The topological polar surface area (TPSA) is 84.0 Å². The van der Waals surface area contributed by atoms with Gasteiger partial charge in [-0.3, -0.25) is 9.59 Å². The molecule has 0 unspecified atom stereocenters. The van der Waals surface area contributed by atoms with Gasteiger partial charge in [0.25, 0.3) is 11.5 Å². The maximum atomic E-state index is 12.6. The summed E-state index contributed by atoms with van der Waals surface area (Å²) in [7, 11) is 0. The number of nitrogens with one attached hydrogen (secondary N) is 2. The summed E-state index contributed by atoms with van der Waals surface area (Å²) in [5.41, 5.74) is -0.787. The second-order valence-electron chi connectivity index (χ2n) is 4.92. The summed E-state index contributed by atoms with van der Waals surface area (Å²) in [6, 6.07) is 15.0. The third-order valence-electron chi connectivity index (χ3n) is 3.36. The van der Waals surface area contributed by atoms with Crippen molar-refractivity contribution >= 4 is 23.2 Å². The van der Waals surface area contributed by atoms with E-state index in [1.165, 1.54) is 0 Å². The molecule has 0 aliphatic rings. The number of hydrogen-bond donors (Lipinski definition) is 2. The number of carbonyl (C=O) groups excluding carboxylic acids is 1. The molecule has 0 aliphatic heterocycles. The molecule has 0 bridgehead atoms. The smallest absolute Gasteiger partial charge is 0.320 e. The van der Waals surface area contributed by atoms with Gasteiger partial charge in [-0.25, -0.2) is 9.36 Å². The fourth-order valence-electron chi connectivity index (χ4n) is 2.20. The van der Waals surface area contributed by atoms with E-state index < -0.39 is 17.2 Å². The van der Waals surface area contributed by atoms with Gasteiger partial charge in [0.15, 0.2) is 0 Å². The third-order valence-corrected chi connectivity index (χ3v) is 3.69. The summed E-state index contributed by atoms with van der Waals surface area (Å²) in [5, 5.41) is 2.91. The molecule has 0 atom stereocenters. The summed E-state index contributed by atoms with van der Waals surface area (Å²) in [6.07, 6.45) is 1.09. The maximum absolute atomic E-state index is 12.6. The zero-order valence-electron chi connectivity index (χ0n) is 12.3. The number of aromatic nitrogens is 2. The van der Waals surface area contributed by atoms with Crippen LogP contribution < -0.4 is 16.6 Å². The first-order valence-electron chi connectivity index (χ1n) is 7.04. The minimum absolute atomic E-state index is 0.196. The normalized spacial score (nSPS) is 10.4. The molecule has 0 saturated carbocycles. The molecule has 0 fully saturated rings. The van der Waals surface area contributed by atoms with Crippen LogP contribution in [0.25, 0.3) is 5.69 Å². The zero-order valence-corrected chi connectivity index (χ0v) is 13.1. The fourth-order valence-corrected chi connectivity index (χ4v) is 2.38. The van der Waals surface area contributed by atoms with E-state index in [1.807, 2.05) is 0 Å². The van der Waals surface area contributed by atoms with E-state index in [1.54, 1.807) is 54.6 Å². The van der Waals surface area contributed by atoms with E-state index in [-0.39, 0.29) is 5.56 Å². The van der Waals surface area contributed by atoms with Crippen molar-refractivity contribution in [2.75, 3.05) is 5.32 Å². The minimum atomic E-state index is -0.713. The Morgan fingerprint density at radius 2 is 1.67 bits per heavy atom. The lowest BCUT2D eigenvalue weighted by Crippen LogP contribution is -2.38. The molecule has 2 N–H and O–H groups in total. The Hall–Kier alpha value is -3.12. The van der Waals surface area contributed by atoms with Crippen LogP contribution in [0, 0.1) is 0 Å². The Morgan fingerprint density at radius 1 is 1.00 bits per heavy atom. The number of anilines is 1. The predicted octanol–water partition coefficient (Wildman–Crippen LogP) is 2.43. The number of halogens is 1. The summed E-state index contributed by atoms with van der Waals surface area (Å²) < 4.78 is 0.904. The van der Waals surface area contributed by atoms with Gasteiger partial charge >= 0.3 is 5.69 Å². The molecule has 3 rings (SSSR count). The molecule has 0 saturated heterocycles. The summed E-state index contributed by atoms with van der Waals surface area (Å²) >= 11 is 5.99. The van der Waals surface area contributed by atoms with Gasteiger partial charge in [0, 0.05) is 6.20 Å². The van der Waals surface area contributed by atoms with Gasteiger partial charge < -0.3 is 10.3 Å². The Kier molecular flexibility index (Phi) is 4.31. The second kappa shape index (κ2) is 6.55. The molecule has 2 aromatic carbocycles.